The van der Waals surface area contributed by atoms with Crippen molar-refractivity contribution in [2.24, 2.45) is 5.92 Å². The van der Waals surface area contributed by atoms with Gasteiger partial charge in [0.25, 0.3) is 0 Å². The average molecular weight is 289 g/mol. The monoisotopic (exact) mass is 289 g/mol. The van der Waals surface area contributed by atoms with E-state index >= 15 is 0 Å². The second-order valence-corrected chi connectivity index (χ2v) is 8.33. The van der Waals surface area contributed by atoms with E-state index in [-0.39, 0.29) is 5.75 Å². The Balaban J connectivity index is 2.23. The van der Waals surface area contributed by atoms with Crippen molar-refractivity contribution in [3.63, 3.8) is 0 Å². The van der Waals surface area contributed by atoms with Crippen molar-refractivity contribution < 1.29 is 8.42 Å². The molecule has 0 spiro atoms. The van der Waals surface area contributed by atoms with Crippen molar-refractivity contribution in [1.29, 1.82) is 0 Å². The standard InChI is InChI=1S/C15H31NO2S/c1-3-16-15(10-7-13-19(17,18)4-2)12-11-14-8-5-6-9-14/h14-16H,3-13H2,1-2H3. The minimum atomic E-state index is -2.79. The molecule has 0 amide bonds. The molecule has 1 aliphatic rings. The van der Waals surface area contributed by atoms with Crippen LogP contribution in [-0.2, 0) is 9.84 Å². The molecule has 0 aliphatic heterocycles. The largest absolute Gasteiger partial charge is 0.314 e. The average Bonchev–Trinajstić information content (AvgIpc) is 2.89. The van der Waals surface area contributed by atoms with Crippen molar-refractivity contribution >= 4 is 9.84 Å². The summed E-state index contributed by atoms with van der Waals surface area (Å²) in [5.41, 5.74) is 0. The molecule has 1 N–H and O–H groups in total. The van der Waals surface area contributed by atoms with Gasteiger partial charge in [-0.3, -0.25) is 0 Å². The van der Waals surface area contributed by atoms with Crippen molar-refractivity contribution in [3.05, 3.63) is 0 Å². The molecule has 0 aromatic carbocycles. The summed E-state index contributed by atoms with van der Waals surface area (Å²) in [6.07, 6.45) is 9.96. The van der Waals surface area contributed by atoms with E-state index in [1.54, 1.807) is 6.92 Å². The zero-order chi connectivity index (χ0) is 14.1. The molecular weight excluding hydrogens is 258 g/mol. The molecule has 0 heterocycles. The van der Waals surface area contributed by atoms with E-state index in [4.69, 9.17) is 0 Å². The predicted octanol–water partition coefficient (Wildman–Crippen LogP) is 3.15. The highest BCUT2D eigenvalue weighted by Gasteiger charge is 2.17. The lowest BCUT2D eigenvalue weighted by Gasteiger charge is -2.19. The number of rotatable bonds is 10. The SMILES string of the molecule is CCNC(CCCS(=O)(=O)CC)CCC1CCCC1. The molecule has 1 unspecified atom stereocenters. The molecule has 0 saturated heterocycles. The van der Waals surface area contributed by atoms with E-state index in [2.05, 4.69) is 12.2 Å². The predicted molar refractivity (Wildman–Crippen MR) is 82.2 cm³/mol. The van der Waals surface area contributed by atoms with E-state index in [1.807, 2.05) is 0 Å². The Hall–Kier alpha value is -0.0900. The number of sulfone groups is 1. The van der Waals surface area contributed by atoms with Gasteiger partial charge in [0.2, 0.25) is 0 Å². The van der Waals surface area contributed by atoms with Crippen LogP contribution in [0, 0.1) is 5.92 Å². The molecule has 19 heavy (non-hydrogen) atoms. The van der Waals surface area contributed by atoms with Crippen LogP contribution < -0.4 is 5.32 Å². The lowest BCUT2D eigenvalue weighted by Crippen LogP contribution is -2.30. The van der Waals surface area contributed by atoms with E-state index in [0.717, 1.165) is 25.3 Å². The van der Waals surface area contributed by atoms with Crippen LogP contribution in [-0.4, -0.2) is 32.5 Å². The molecule has 1 atom stereocenters. The van der Waals surface area contributed by atoms with E-state index in [0.29, 0.717) is 11.8 Å². The summed E-state index contributed by atoms with van der Waals surface area (Å²) >= 11 is 0. The quantitative estimate of drug-likeness (QED) is 0.672. The number of nitrogens with one attached hydrogen (secondary N) is 1. The molecule has 1 rings (SSSR count). The summed E-state index contributed by atoms with van der Waals surface area (Å²) < 4.78 is 23.0. The Morgan fingerprint density at radius 2 is 1.84 bits per heavy atom. The molecule has 0 radical (unpaired) electrons. The molecule has 1 fully saturated rings. The molecule has 0 bridgehead atoms. The van der Waals surface area contributed by atoms with Crippen LogP contribution in [0.1, 0.15) is 65.2 Å². The lowest BCUT2D eigenvalue weighted by molar-refractivity contribution is 0.392. The summed E-state index contributed by atoms with van der Waals surface area (Å²) in [5, 5.41) is 3.52. The van der Waals surface area contributed by atoms with E-state index < -0.39 is 9.84 Å². The molecule has 0 aromatic rings. The van der Waals surface area contributed by atoms with Gasteiger partial charge in [-0.25, -0.2) is 8.42 Å². The first-order chi connectivity index (χ1) is 9.07. The maximum Gasteiger partial charge on any atom is 0.150 e. The fourth-order valence-electron chi connectivity index (χ4n) is 3.07. The third-order valence-electron chi connectivity index (χ3n) is 4.34. The van der Waals surface area contributed by atoms with Crippen LogP contribution >= 0.6 is 0 Å². The summed E-state index contributed by atoms with van der Waals surface area (Å²) in [7, 11) is -2.79. The summed E-state index contributed by atoms with van der Waals surface area (Å²) in [4.78, 5) is 0. The third kappa shape index (κ3) is 7.31. The molecule has 0 aromatic heterocycles. The van der Waals surface area contributed by atoms with Crippen LogP contribution in [0.25, 0.3) is 0 Å². The minimum absolute atomic E-state index is 0.279. The molecule has 3 nitrogen and oxygen atoms in total. The van der Waals surface area contributed by atoms with Crippen molar-refractivity contribution in [3.8, 4) is 0 Å². The van der Waals surface area contributed by atoms with Gasteiger partial charge in [0.1, 0.15) is 9.84 Å². The first-order valence-corrected chi connectivity index (χ1v) is 9.83. The molecular formula is C15H31NO2S. The van der Waals surface area contributed by atoms with Crippen LogP contribution in [0.3, 0.4) is 0 Å². The van der Waals surface area contributed by atoms with Crippen LogP contribution in [0.2, 0.25) is 0 Å². The summed E-state index contributed by atoms with van der Waals surface area (Å²) in [6.45, 7) is 4.85. The smallest absolute Gasteiger partial charge is 0.150 e. The van der Waals surface area contributed by atoms with Crippen molar-refractivity contribution in [1.82, 2.24) is 5.32 Å². The Morgan fingerprint density at radius 3 is 2.42 bits per heavy atom. The maximum absolute atomic E-state index is 11.5. The van der Waals surface area contributed by atoms with Gasteiger partial charge in [-0.1, -0.05) is 39.5 Å². The molecule has 4 heteroatoms. The van der Waals surface area contributed by atoms with Gasteiger partial charge in [0.15, 0.2) is 0 Å². The number of hydrogen-bond donors (Lipinski definition) is 1. The minimum Gasteiger partial charge on any atom is -0.314 e. The topological polar surface area (TPSA) is 46.2 Å². The first kappa shape index (κ1) is 17.0. The number of hydrogen-bond acceptors (Lipinski definition) is 3. The third-order valence-corrected chi connectivity index (χ3v) is 6.13. The Kier molecular flexibility index (Phi) is 8.00. The summed E-state index contributed by atoms with van der Waals surface area (Å²) in [6, 6.07) is 0.512. The van der Waals surface area contributed by atoms with Crippen molar-refractivity contribution in [2.75, 3.05) is 18.1 Å². The van der Waals surface area contributed by atoms with Gasteiger partial charge >= 0.3 is 0 Å². The van der Waals surface area contributed by atoms with Gasteiger partial charge in [-0.05, 0) is 38.1 Å². The van der Waals surface area contributed by atoms with Crippen molar-refractivity contribution in [2.45, 2.75) is 71.3 Å². The van der Waals surface area contributed by atoms with Crippen LogP contribution in [0.15, 0.2) is 0 Å². The fraction of sp³-hybridized carbons (Fsp3) is 1.00. The highest BCUT2D eigenvalue weighted by molar-refractivity contribution is 7.91. The summed E-state index contributed by atoms with van der Waals surface area (Å²) in [5.74, 6) is 1.57. The Bertz CT molecular complexity index is 321. The maximum atomic E-state index is 11.5. The van der Waals surface area contributed by atoms with E-state index in [1.165, 1.54) is 38.5 Å². The normalized spacial score (nSPS) is 18.8. The highest BCUT2D eigenvalue weighted by Crippen LogP contribution is 2.29. The first-order valence-electron chi connectivity index (χ1n) is 8.01. The van der Waals surface area contributed by atoms with Crippen LogP contribution in [0.5, 0.6) is 0 Å². The zero-order valence-electron chi connectivity index (χ0n) is 12.7. The Labute approximate surface area is 119 Å². The highest BCUT2D eigenvalue weighted by atomic mass is 32.2. The van der Waals surface area contributed by atoms with Gasteiger partial charge in [0.05, 0.1) is 5.75 Å². The van der Waals surface area contributed by atoms with Gasteiger partial charge in [-0.15, -0.1) is 0 Å². The van der Waals surface area contributed by atoms with Gasteiger partial charge < -0.3 is 5.32 Å². The zero-order valence-corrected chi connectivity index (χ0v) is 13.5. The van der Waals surface area contributed by atoms with Gasteiger partial charge in [-0.2, -0.15) is 0 Å². The van der Waals surface area contributed by atoms with Gasteiger partial charge in [0, 0.05) is 11.8 Å². The lowest BCUT2D eigenvalue weighted by atomic mass is 9.96. The second kappa shape index (κ2) is 8.96. The van der Waals surface area contributed by atoms with E-state index in [9.17, 15) is 8.42 Å². The fourth-order valence-corrected chi connectivity index (χ4v) is 3.96. The second-order valence-electron chi connectivity index (χ2n) is 5.86. The molecule has 1 saturated carbocycles. The Morgan fingerprint density at radius 1 is 1.16 bits per heavy atom. The molecule has 1 aliphatic carbocycles. The van der Waals surface area contributed by atoms with Crippen LogP contribution in [0.4, 0.5) is 0 Å². The molecule has 114 valence electrons.